The van der Waals surface area contributed by atoms with Gasteiger partial charge in [-0.3, -0.25) is 0 Å². The first-order chi connectivity index (χ1) is 8.26. The molecule has 2 unspecified atom stereocenters. The first kappa shape index (κ1) is 13.7. The van der Waals surface area contributed by atoms with Crippen LogP contribution in [0.5, 0.6) is 0 Å². The average Bonchev–Trinajstić information content (AvgIpc) is 2.37. The minimum absolute atomic E-state index is 0.220. The monoisotopic (exact) mass is 257 g/mol. The van der Waals surface area contributed by atoms with Gasteiger partial charge in [-0.1, -0.05) is 19.3 Å². The summed E-state index contributed by atoms with van der Waals surface area (Å²) < 4.78 is 6.13. The highest BCUT2D eigenvalue weighted by molar-refractivity contribution is 7.98. The Hall–Kier alpha value is 0.270. The highest BCUT2D eigenvalue weighted by Gasteiger charge is 2.39. The van der Waals surface area contributed by atoms with Crippen LogP contribution in [0.1, 0.15) is 51.4 Å². The summed E-state index contributed by atoms with van der Waals surface area (Å²) in [7, 11) is 0. The van der Waals surface area contributed by atoms with E-state index in [1.807, 2.05) is 11.8 Å². The maximum absolute atomic E-state index is 6.36. The van der Waals surface area contributed by atoms with Crippen molar-refractivity contribution in [2.45, 2.75) is 63.0 Å². The molecule has 0 aromatic carbocycles. The lowest BCUT2D eigenvalue weighted by molar-refractivity contribution is -0.120. The molecule has 1 aliphatic carbocycles. The lowest BCUT2D eigenvalue weighted by Gasteiger charge is -2.45. The molecule has 1 saturated carbocycles. The lowest BCUT2D eigenvalue weighted by atomic mass is 9.74. The summed E-state index contributed by atoms with van der Waals surface area (Å²) in [6.07, 6.45) is 12.4. The van der Waals surface area contributed by atoms with Gasteiger partial charge in [-0.25, -0.2) is 0 Å². The Balaban J connectivity index is 1.87. The molecule has 1 aliphatic heterocycles. The lowest BCUT2D eigenvalue weighted by Crippen LogP contribution is -2.46. The minimum atomic E-state index is 0.220. The summed E-state index contributed by atoms with van der Waals surface area (Å²) in [5.74, 6) is 1.90. The standard InChI is InChI=1S/C14H27NOS/c1-17-10-6-13(15)12-5-9-16-14(11-12)7-3-2-4-8-14/h12-13H,2-11,15H2,1H3. The van der Waals surface area contributed by atoms with E-state index in [1.54, 1.807) is 0 Å². The predicted octanol–water partition coefficient (Wildman–Crippen LogP) is 3.20. The van der Waals surface area contributed by atoms with Crippen LogP contribution in [0.3, 0.4) is 0 Å². The zero-order valence-corrected chi connectivity index (χ0v) is 11.9. The van der Waals surface area contributed by atoms with Gasteiger partial charge in [-0.15, -0.1) is 0 Å². The highest BCUT2D eigenvalue weighted by atomic mass is 32.2. The molecule has 3 heteroatoms. The first-order valence-electron chi connectivity index (χ1n) is 7.14. The Labute approximate surface area is 110 Å². The smallest absolute Gasteiger partial charge is 0.0685 e. The Morgan fingerprint density at radius 2 is 2.12 bits per heavy atom. The van der Waals surface area contributed by atoms with E-state index in [-0.39, 0.29) is 5.60 Å². The number of hydrogen-bond acceptors (Lipinski definition) is 3. The van der Waals surface area contributed by atoms with Gasteiger partial charge >= 0.3 is 0 Å². The van der Waals surface area contributed by atoms with Crippen molar-refractivity contribution in [3.8, 4) is 0 Å². The second kappa shape index (κ2) is 6.44. The van der Waals surface area contributed by atoms with Crippen LogP contribution in [0.2, 0.25) is 0 Å². The van der Waals surface area contributed by atoms with Crippen LogP contribution in [-0.4, -0.2) is 30.3 Å². The number of thioether (sulfide) groups is 1. The summed E-state index contributed by atoms with van der Waals surface area (Å²) in [4.78, 5) is 0. The molecule has 100 valence electrons. The Morgan fingerprint density at radius 1 is 1.35 bits per heavy atom. The highest BCUT2D eigenvalue weighted by Crippen LogP contribution is 2.41. The molecular weight excluding hydrogens is 230 g/mol. The fourth-order valence-corrected chi connectivity index (χ4v) is 3.97. The van der Waals surface area contributed by atoms with Crippen molar-refractivity contribution in [2.24, 2.45) is 11.7 Å². The zero-order chi connectivity index (χ0) is 12.1. The van der Waals surface area contributed by atoms with Crippen molar-refractivity contribution >= 4 is 11.8 Å². The van der Waals surface area contributed by atoms with E-state index in [0.717, 1.165) is 6.61 Å². The third kappa shape index (κ3) is 3.62. The van der Waals surface area contributed by atoms with Gasteiger partial charge in [0.25, 0.3) is 0 Å². The van der Waals surface area contributed by atoms with E-state index in [9.17, 15) is 0 Å². The van der Waals surface area contributed by atoms with E-state index in [2.05, 4.69) is 6.26 Å². The van der Waals surface area contributed by atoms with E-state index in [0.29, 0.717) is 12.0 Å². The van der Waals surface area contributed by atoms with Crippen molar-refractivity contribution in [1.29, 1.82) is 0 Å². The number of ether oxygens (including phenoxy) is 1. The fraction of sp³-hybridized carbons (Fsp3) is 1.00. The molecule has 0 bridgehead atoms. The third-order valence-electron chi connectivity index (χ3n) is 4.56. The number of rotatable bonds is 4. The van der Waals surface area contributed by atoms with Gasteiger partial charge in [0, 0.05) is 12.6 Å². The Bertz CT molecular complexity index is 223. The fourth-order valence-electron chi connectivity index (χ4n) is 3.47. The molecule has 2 fully saturated rings. The van der Waals surface area contributed by atoms with Crippen LogP contribution in [-0.2, 0) is 4.74 Å². The van der Waals surface area contributed by atoms with Gasteiger partial charge in [-0.2, -0.15) is 11.8 Å². The Kier molecular flexibility index (Phi) is 5.19. The SMILES string of the molecule is CSCCC(N)C1CCOC2(CCCCC2)C1. The van der Waals surface area contributed by atoms with Crippen LogP contribution in [0.4, 0.5) is 0 Å². The topological polar surface area (TPSA) is 35.2 Å². The van der Waals surface area contributed by atoms with Crippen LogP contribution in [0, 0.1) is 5.92 Å². The minimum Gasteiger partial charge on any atom is -0.375 e. The molecule has 1 saturated heterocycles. The molecule has 2 rings (SSSR count). The van der Waals surface area contributed by atoms with Gasteiger partial charge in [0.2, 0.25) is 0 Å². The summed E-state index contributed by atoms with van der Waals surface area (Å²) in [6, 6.07) is 0.394. The Morgan fingerprint density at radius 3 is 2.82 bits per heavy atom. The van der Waals surface area contributed by atoms with Crippen molar-refractivity contribution in [2.75, 3.05) is 18.6 Å². The van der Waals surface area contributed by atoms with Gasteiger partial charge < -0.3 is 10.5 Å². The molecule has 17 heavy (non-hydrogen) atoms. The summed E-state index contributed by atoms with van der Waals surface area (Å²) in [6.45, 7) is 0.942. The maximum atomic E-state index is 6.36. The van der Waals surface area contributed by atoms with E-state index >= 15 is 0 Å². The second-order valence-corrected chi connectivity index (χ2v) is 6.78. The second-order valence-electron chi connectivity index (χ2n) is 5.79. The van der Waals surface area contributed by atoms with Crippen LogP contribution in [0.25, 0.3) is 0 Å². The summed E-state index contributed by atoms with van der Waals surface area (Å²) >= 11 is 1.91. The first-order valence-corrected chi connectivity index (χ1v) is 8.54. The molecule has 2 atom stereocenters. The number of hydrogen-bond donors (Lipinski definition) is 1. The van der Waals surface area contributed by atoms with Gasteiger partial charge in [0.15, 0.2) is 0 Å². The molecule has 0 radical (unpaired) electrons. The molecule has 2 N–H and O–H groups in total. The molecule has 1 spiro atoms. The van der Waals surface area contributed by atoms with E-state index in [4.69, 9.17) is 10.5 Å². The molecule has 0 amide bonds. The molecule has 2 aliphatic rings. The molecule has 0 aromatic heterocycles. The summed E-state index contributed by atoms with van der Waals surface area (Å²) in [5, 5.41) is 0. The maximum Gasteiger partial charge on any atom is 0.0685 e. The van der Waals surface area contributed by atoms with Gasteiger partial charge in [0.1, 0.15) is 0 Å². The number of nitrogens with two attached hydrogens (primary N) is 1. The predicted molar refractivity (Wildman–Crippen MR) is 75.5 cm³/mol. The van der Waals surface area contributed by atoms with Crippen LogP contribution >= 0.6 is 11.8 Å². The average molecular weight is 257 g/mol. The molecular formula is C14H27NOS. The largest absolute Gasteiger partial charge is 0.375 e. The van der Waals surface area contributed by atoms with Crippen molar-refractivity contribution in [3.63, 3.8) is 0 Å². The normalized spacial score (nSPS) is 30.4. The molecule has 1 heterocycles. The van der Waals surface area contributed by atoms with Crippen molar-refractivity contribution in [3.05, 3.63) is 0 Å². The summed E-state index contributed by atoms with van der Waals surface area (Å²) in [5.41, 5.74) is 6.58. The van der Waals surface area contributed by atoms with Crippen molar-refractivity contribution in [1.82, 2.24) is 0 Å². The van der Waals surface area contributed by atoms with Gasteiger partial charge in [-0.05, 0) is 50.0 Å². The van der Waals surface area contributed by atoms with E-state index < -0.39 is 0 Å². The van der Waals surface area contributed by atoms with Crippen LogP contribution < -0.4 is 5.73 Å². The molecule has 2 nitrogen and oxygen atoms in total. The third-order valence-corrected chi connectivity index (χ3v) is 5.20. The van der Waals surface area contributed by atoms with Crippen LogP contribution in [0.15, 0.2) is 0 Å². The van der Waals surface area contributed by atoms with E-state index in [1.165, 1.54) is 57.1 Å². The van der Waals surface area contributed by atoms with Crippen molar-refractivity contribution < 1.29 is 4.74 Å². The quantitative estimate of drug-likeness (QED) is 0.840. The zero-order valence-electron chi connectivity index (χ0n) is 11.1. The van der Waals surface area contributed by atoms with Gasteiger partial charge in [0.05, 0.1) is 5.60 Å². The molecule has 0 aromatic rings.